The molecule has 0 bridgehead atoms. The van der Waals surface area contributed by atoms with Crippen molar-refractivity contribution in [2.75, 3.05) is 6.61 Å². The summed E-state index contributed by atoms with van der Waals surface area (Å²) in [6, 6.07) is 10.6. The van der Waals surface area contributed by atoms with Crippen LogP contribution in [0, 0.1) is 0 Å². The molecule has 112 valence electrons. The fourth-order valence-electron chi connectivity index (χ4n) is 1.84. The van der Waals surface area contributed by atoms with Crippen LogP contribution in [0.2, 0.25) is 5.15 Å². The first kappa shape index (κ1) is 15.5. The monoisotopic (exact) mass is 310 g/mol. The van der Waals surface area contributed by atoms with Crippen LogP contribution in [-0.4, -0.2) is 20.8 Å². The number of halogens is 1. The Morgan fingerprint density at radius 2 is 1.86 bits per heavy atom. The van der Waals surface area contributed by atoms with Crippen LogP contribution in [0.1, 0.15) is 5.56 Å². The molecular weight excluding hydrogens is 296 g/mol. The number of aliphatic hydroxyl groups excluding tert-OH is 1. The van der Waals surface area contributed by atoms with Crippen molar-refractivity contribution in [3.8, 4) is 0 Å². The molecule has 7 heteroatoms. The third-order valence-corrected chi connectivity index (χ3v) is 3.20. The molecule has 0 unspecified atom stereocenters. The average Bonchev–Trinajstić information content (AvgIpc) is 2.48. The van der Waals surface area contributed by atoms with Crippen LogP contribution in [-0.2, 0) is 24.6 Å². The minimum Gasteiger partial charge on any atom is -0.395 e. The molecule has 0 fully saturated rings. The lowest BCUT2D eigenvalue weighted by Gasteiger charge is -2.11. The summed E-state index contributed by atoms with van der Waals surface area (Å²) in [5.74, 6) is 0. The minimum atomic E-state index is -0.602. The van der Waals surface area contributed by atoms with Gasteiger partial charge in [-0.25, -0.2) is 4.79 Å². The summed E-state index contributed by atoms with van der Waals surface area (Å²) in [5, 5.41) is 8.89. The van der Waals surface area contributed by atoms with E-state index in [2.05, 4.69) is 0 Å². The van der Waals surface area contributed by atoms with Crippen molar-refractivity contribution in [2.24, 2.45) is 0 Å². The molecule has 0 amide bonds. The molecule has 0 spiro atoms. The van der Waals surface area contributed by atoms with Gasteiger partial charge in [0.2, 0.25) is 0 Å². The zero-order valence-electron chi connectivity index (χ0n) is 11.2. The first-order valence-electron chi connectivity index (χ1n) is 6.36. The third-order valence-electron chi connectivity index (χ3n) is 2.88. The van der Waals surface area contributed by atoms with E-state index in [1.807, 2.05) is 30.3 Å². The van der Waals surface area contributed by atoms with Gasteiger partial charge in [-0.1, -0.05) is 41.9 Å². The van der Waals surface area contributed by atoms with Crippen molar-refractivity contribution in [3.63, 3.8) is 0 Å². The second-order valence-electron chi connectivity index (χ2n) is 4.35. The third kappa shape index (κ3) is 3.81. The van der Waals surface area contributed by atoms with Gasteiger partial charge in [-0.2, -0.15) is 0 Å². The molecule has 0 aliphatic rings. The highest BCUT2D eigenvalue weighted by Crippen LogP contribution is 2.05. The normalized spacial score (nSPS) is 10.8. The van der Waals surface area contributed by atoms with Crippen molar-refractivity contribution in [1.82, 2.24) is 9.13 Å². The second-order valence-corrected chi connectivity index (χ2v) is 4.74. The van der Waals surface area contributed by atoms with Crippen LogP contribution in [0.5, 0.6) is 0 Å². The molecule has 6 nitrogen and oxygen atoms in total. The molecule has 0 radical (unpaired) electrons. The molecule has 0 atom stereocenters. The van der Waals surface area contributed by atoms with E-state index in [1.165, 1.54) is 0 Å². The molecular formula is C14H15ClN2O4. The van der Waals surface area contributed by atoms with Crippen molar-refractivity contribution in [1.29, 1.82) is 0 Å². The highest BCUT2D eigenvalue weighted by atomic mass is 35.5. The Morgan fingerprint density at radius 1 is 1.14 bits per heavy atom. The molecule has 2 rings (SSSR count). The molecule has 1 aromatic heterocycles. The van der Waals surface area contributed by atoms with E-state index in [-0.39, 0.29) is 25.0 Å². The SMILES string of the molecule is O=c1cc(Cl)n(COCc2ccccc2)c(=O)n1CCO. The molecule has 0 aliphatic heterocycles. The molecule has 1 N–H and O–H groups in total. The number of nitrogens with zero attached hydrogens (tertiary/aromatic N) is 2. The maximum absolute atomic E-state index is 12.1. The van der Waals surface area contributed by atoms with E-state index in [1.54, 1.807) is 0 Å². The second kappa shape index (κ2) is 7.21. The van der Waals surface area contributed by atoms with Crippen molar-refractivity contribution in [3.05, 3.63) is 68.0 Å². The van der Waals surface area contributed by atoms with Gasteiger partial charge in [0.15, 0.2) is 0 Å². The summed E-state index contributed by atoms with van der Waals surface area (Å²) < 4.78 is 7.50. The minimum absolute atomic E-state index is 0.00671. The van der Waals surface area contributed by atoms with Gasteiger partial charge in [0.25, 0.3) is 5.56 Å². The standard InChI is InChI=1S/C14H15ClN2O4/c15-12-8-13(19)16(6-7-18)14(20)17(12)10-21-9-11-4-2-1-3-5-11/h1-5,8,18H,6-7,9-10H2. The summed E-state index contributed by atoms with van der Waals surface area (Å²) in [6.45, 7) is -0.129. The van der Waals surface area contributed by atoms with Gasteiger partial charge in [0.05, 0.1) is 19.8 Å². The van der Waals surface area contributed by atoms with Crippen molar-refractivity contribution < 1.29 is 9.84 Å². The fourth-order valence-corrected chi connectivity index (χ4v) is 2.06. The van der Waals surface area contributed by atoms with Crippen LogP contribution < -0.4 is 11.2 Å². The Balaban J connectivity index is 2.15. The van der Waals surface area contributed by atoms with E-state index in [0.29, 0.717) is 6.61 Å². The highest BCUT2D eigenvalue weighted by molar-refractivity contribution is 6.29. The summed E-state index contributed by atoms with van der Waals surface area (Å²) >= 11 is 5.90. The first-order chi connectivity index (χ1) is 10.1. The lowest BCUT2D eigenvalue weighted by Crippen LogP contribution is -2.40. The number of rotatable bonds is 6. The van der Waals surface area contributed by atoms with Crippen LogP contribution >= 0.6 is 11.6 Å². The number of benzene rings is 1. The van der Waals surface area contributed by atoms with Gasteiger partial charge in [-0.3, -0.25) is 13.9 Å². The maximum atomic E-state index is 12.1. The Labute approximate surface area is 125 Å². The van der Waals surface area contributed by atoms with Crippen LogP contribution in [0.3, 0.4) is 0 Å². The number of hydrogen-bond acceptors (Lipinski definition) is 4. The predicted molar refractivity (Wildman–Crippen MR) is 78.3 cm³/mol. The Hall–Kier alpha value is -1.89. The summed E-state index contributed by atoms with van der Waals surface area (Å²) in [5.41, 5.74) is -0.182. The maximum Gasteiger partial charge on any atom is 0.334 e. The molecule has 0 saturated carbocycles. The van der Waals surface area contributed by atoms with E-state index in [0.717, 1.165) is 20.8 Å². The van der Waals surface area contributed by atoms with Gasteiger partial charge in [0, 0.05) is 6.07 Å². The van der Waals surface area contributed by atoms with Gasteiger partial charge in [0.1, 0.15) is 11.9 Å². The summed E-state index contributed by atoms with van der Waals surface area (Å²) in [4.78, 5) is 23.7. The van der Waals surface area contributed by atoms with Gasteiger partial charge in [-0.05, 0) is 5.56 Å². The highest BCUT2D eigenvalue weighted by Gasteiger charge is 2.09. The molecule has 2 aromatic rings. The van der Waals surface area contributed by atoms with Crippen LogP contribution in [0.15, 0.2) is 46.0 Å². The number of aliphatic hydroxyl groups is 1. The molecule has 1 heterocycles. The number of ether oxygens (including phenoxy) is 1. The largest absolute Gasteiger partial charge is 0.395 e. The summed E-state index contributed by atoms with van der Waals surface area (Å²) in [7, 11) is 0. The average molecular weight is 311 g/mol. The lowest BCUT2D eigenvalue weighted by molar-refractivity contribution is 0.0597. The summed E-state index contributed by atoms with van der Waals surface area (Å²) in [6.07, 6.45) is 0. The number of hydrogen-bond donors (Lipinski definition) is 1. The smallest absolute Gasteiger partial charge is 0.334 e. The molecule has 21 heavy (non-hydrogen) atoms. The van der Waals surface area contributed by atoms with Crippen molar-refractivity contribution >= 4 is 11.6 Å². The molecule has 1 aromatic carbocycles. The van der Waals surface area contributed by atoms with Crippen LogP contribution in [0.25, 0.3) is 0 Å². The van der Waals surface area contributed by atoms with Gasteiger partial charge in [-0.15, -0.1) is 0 Å². The Bertz CT molecular complexity index is 709. The van der Waals surface area contributed by atoms with E-state index < -0.39 is 11.2 Å². The number of aromatic nitrogens is 2. The van der Waals surface area contributed by atoms with Crippen molar-refractivity contribution in [2.45, 2.75) is 19.9 Å². The molecule has 0 aliphatic carbocycles. The first-order valence-corrected chi connectivity index (χ1v) is 6.74. The van der Waals surface area contributed by atoms with Gasteiger partial charge < -0.3 is 9.84 Å². The topological polar surface area (TPSA) is 73.5 Å². The zero-order chi connectivity index (χ0) is 15.2. The zero-order valence-corrected chi connectivity index (χ0v) is 12.0. The van der Waals surface area contributed by atoms with Gasteiger partial charge >= 0.3 is 5.69 Å². The van der Waals surface area contributed by atoms with E-state index in [4.69, 9.17) is 21.4 Å². The predicted octanol–water partition coefficient (Wildman–Crippen LogP) is 0.830. The Morgan fingerprint density at radius 3 is 2.52 bits per heavy atom. The quantitative estimate of drug-likeness (QED) is 0.802. The Kier molecular flexibility index (Phi) is 5.32. The van der Waals surface area contributed by atoms with Crippen LogP contribution in [0.4, 0.5) is 0 Å². The van der Waals surface area contributed by atoms with E-state index in [9.17, 15) is 9.59 Å². The van der Waals surface area contributed by atoms with E-state index >= 15 is 0 Å². The fraction of sp³-hybridized carbons (Fsp3) is 0.286. The lowest BCUT2D eigenvalue weighted by atomic mass is 10.2. The molecule has 0 saturated heterocycles.